The molecule has 152 valence electrons. The van der Waals surface area contributed by atoms with Crippen molar-refractivity contribution in [2.75, 3.05) is 12.8 Å². The quantitative estimate of drug-likeness (QED) is 0.543. The molecule has 2 rings (SSSR count). The summed E-state index contributed by atoms with van der Waals surface area (Å²) < 4.78 is 47.2. The Balaban J connectivity index is 2.50. The number of nitrogens with two attached hydrogens (primary N) is 1. The number of benzene rings is 2. The molecule has 0 saturated carbocycles. The van der Waals surface area contributed by atoms with Gasteiger partial charge in [0.15, 0.2) is 0 Å². The summed E-state index contributed by atoms with van der Waals surface area (Å²) in [6.07, 6.45) is 0. The van der Waals surface area contributed by atoms with E-state index in [1.165, 1.54) is 24.3 Å². The van der Waals surface area contributed by atoms with Crippen molar-refractivity contribution in [2.45, 2.75) is 37.6 Å². The maximum absolute atomic E-state index is 14.5. The molecule has 0 aliphatic heterocycles. The average molecular weight is 429 g/mol. The number of anilines is 1. The molecule has 0 bridgehead atoms. The van der Waals surface area contributed by atoms with Crippen LogP contribution in [0.4, 0.5) is 10.1 Å². The number of ether oxygens (including phenoxy) is 1. The number of carbonyl (C=O) groups excluding carboxylic acids is 1. The zero-order chi connectivity index (χ0) is 21.2. The van der Waals surface area contributed by atoms with E-state index in [-0.39, 0.29) is 21.2 Å². The van der Waals surface area contributed by atoms with Crippen molar-refractivity contribution in [1.29, 1.82) is 0 Å². The third-order valence-corrected chi connectivity index (χ3v) is 6.44. The number of aryl methyl sites for hydroxylation is 1. The van der Waals surface area contributed by atoms with Gasteiger partial charge in [-0.05, 0) is 54.8 Å². The van der Waals surface area contributed by atoms with Crippen LogP contribution in [0.5, 0.6) is 0 Å². The van der Waals surface area contributed by atoms with Crippen molar-refractivity contribution in [3.05, 3.63) is 57.9 Å². The van der Waals surface area contributed by atoms with Gasteiger partial charge in [0.05, 0.1) is 12.8 Å². The molecule has 0 amide bonds. The highest BCUT2D eigenvalue weighted by Crippen LogP contribution is 2.30. The maximum Gasteiger partial charge on any atom is 0.324 e. The Kier molecular flexibility index (Phi) is 6.69. The number of nitrogens with one attached hydrogen (secondary N) is 1. The first-order valence-corrected chi connectivity index (χ1v) is 10.3. The monoisotopic (exact) mass is 428 g/mol. The number of nitrogen functional groups attached to an aromatic ring is 1. The Hall–Kier alpha value is -2.16. The molecule has 0 aliphatic rings. The van der Waals surface area contributed by atoms with Gasteiger partial charge in [0.1, 0.15) is 16.8 Å². The van der Waals surface area contributed by atoms with E-state index < -0.39 is 33.8 Å². The van der Waals surface area contributed by atoms with Crippen molar-refractivity contribution in [2.24, 2.45) is 0 Å². The molecule has 0 aliphatic carbocycles. The minimum Gasteiger partial charge on any atom is -0.468 e. The minimum atomic E-state index is -4.21. The summed E-state index contributed by atoms with van der Waals surface area (Å²) in [5.41, 5.74) is 7.38. The molecular formula is C19H22ClFN2O4S. The lowest BCUT2D eigenvalue weighted by Gasteiger charge is -2.25. The van der Waals surface area contributed by atoms with E-state index in [9.17, 15) is 17.6 Å². The SMILES string of the molecule is COC(=O)[C@@H](NS(=O)(=O)c1ccc(Cl)cc1N)C(C)c1c(F)ccc(C)c1C. The maximum atomic E-state index is 14.5. The van der Waals surface area contributed by atoms with Crippen LogP contribution in [-0.4, -0.2) is 27.5 Å². The lowest BCUT2D eigenvalue weighted by molar-refractivity contribution is -0.143. The highest BCUT2D eigenvalue weighted by atomic mass is 35.5. The van der Waals surface area contributed by atoms with Gasteiger partial charge in [-0.2, -0.15) is 4.72 Å². The van der Waals surface area contributed by atoms with Crippen molar-refractivity contribution in [3.63, 3.8) is 0 Å². The van der Waals surface area contributed by atoms with Crippen molar-refractivity contribution >= 4 is 33.3 Å². The second kappa shape index (κ2) is 8.46. The first-order chi connectivity index (χ1) is 13.0. The van der Waals surface area contributed by atoms with E-state index in [0.717, 1.165) is 12.7 Å². The summed E-state index contributed by atoms with van der Waals surface area (Å²) in [6, 6.07) is 5.43. The second-order valence-corrected chi connectivity index (χ2v) is 8.61. The molecule has 2 aromatic rings. The van der Waals surface area contributed by atoms with Crippen LogP contribution in [0.25, 0.3) is 0 Å². The number of methoxy groups -OCH3 is 1. The van der Waals surface area contributed by atoms with Gasteiger partial charge in [-0.25, -0.2) is 12.8 Å². The summed E-state index contributed by atoms with van der Waals surface area (Å²) in [4.78, 5) is 12.1. The fourth-order valence-electron chi connectivity index (χ4n) is 3.01. The fourth-order valence-corrected chi connectivity index (χ4v) is 4.56. The molecule has 0 saturated heterocycles. The smallest absolute Gasteiger partial charge is 0.324 e. The van der Waals surface area contributed by atoms with E-state index in [1.54, 1.807) is 26.8 Å². The zero-order valence-electron chi connectivity index (χ0n) is 15.9. The molecule has 1 unspecified atom stereocenters. The van der Waals surface area contributed by atoms with Crippen LogP contribution >= 0.6 is 11.6 Å². The normalized spacial score (nSPS) is 13.8. The Bertz CT molecular complexity index is 1010. The van der Waals surface area contributed by atoms with Crippen molar-refractivity contribution < 1.29 is 22.3 Å². The van der Waals surface area contributed by atoms with Crippen LogP contribution in [0.15, 0.2) is 35.2 Å². The number of esters is 1. The number of hydrogen-bond acceptors (Lipinski definition) is 5. The Morgan fingerprint density at radius 1 is 1.25 bits per heavy atom. The van der Waals surface area contributed by atoms with Crippen LogP contribution in [0.2, 0.25) is 5.02 Å². The highest BCUT2D eigenvalue weighted by Gasteiger charge is 2.35. The minimum absolute atomic E-state index is 0.0748. The van der Waals surface area contributed by atoms with E-state index in [2.05, 4.69) is 4.72 Å². The molecule has 0 heterocycles. The standard InChI is InChI=1S/C19H22ClFN2O4S/c1-10-5-7-14(21)17(11(10)2)12(3)18(19(24)27-4)23-28(25,26)16-8-6-13(20)9-15(16)22/h5-9,12,18,23H,22H2,1-4H3/t12?,18-/m0/s1. The van der Waals surface area contributed by atoms with Gasteiger partial charge in [0, 0.05) is 10.9 Å². The largest absolute Gasteiger partial charge is 0.468 e. The number of hydrogen-bond donors (Lipinski definition) is 2. The topological polar surface area (TPSA) is 98.5 Å². The molecule has 2 atom stereocenters. The van der Waals surface area contributed by atoms with Gasteiger partial charge in [-0.1, -0.05) is 24.6 Å². The zero-order valence-corrected chi connectivity index (χ0v) is 17.5. The summed E-state index contributed by atoms with van der Waals surface area (Å²) in [6.45, 7) is 5.07. The highest BCUT2D eigenvalue weighted by molar-refractivity contribution is 7.89. The molecule has 6 nitrogen and oxygen atoms in total. The van der Waals surface area contributed by atoms with Crippen molar-refractivity contribution in [3.8, 4) is 0 Å². The fraction of sp³-hybridized carbons (Fsp3) is 0.316. The Morgan fingerprint density at radius 3 is 2.46 bits per heavy atom. The molecular weight excluding hydrogens is 407 g/mol. The summed E-state index contributed by atoms with van der Waals surface area (Å²) >= 11 is 5.81. The molecule has 3 N–H and O–H groups in total. The predicted octanol–water partition coefficient (Wildman–Crippen LogP) is 3.30. The van der Waals surface area contributed by atoms with Crippen LogP contribution in [-0.2, 0) is 19.6 Å². The van der Waals surface area contributed by atoms with Crippen LogP contribution < -0.4 is 10.5 Å². The van der Waals surface area contributed by atoms with E-state index in [1.807, 2.05) is 0 Å². The molecule has 0 fully saturated rings. The third kappa shape index (κ3) is 4.45. The molecule has 9 heteroatoms. The van der Waals surface area contributed by atoms with Crippen LogP contribution in [0.3, 0.4) is 0 Å². The van der Waals surface area contributed by atoms with E-state index in [0.29, 0.717) is 5.56 Å². The molecule has 0 aromatic heterocycles. The summed E-state index contributed by atoms with van der Waals surface area (Å²) in [7, 11) is -3.08. The first kappa shape index (κ1) is 22.1. The lowest BCUT2D eigenvalue weighted by atomic mass is 9.88. The molecule has 0 spiro atoms. The average Bonchev–Trinajstić information content (AvgIpc) is 2.62. The Labute approximate surface area is 168 Å². The number of sulfonamides is 1. The summed E-state index contributed by atoms with van der Waals surface area (Å²) in [5, 5.41) is 0.270. The number of rotatable bonds is 6. The van der Waals surface area contributed by atoms with Gasteiger partial charge >= 0.3 is 5.97 Å². The molecule has 0 radical (unpaired) electrons. The molecule has 28 heavy (non-hydrogen) atoms. The number of halogens is 2. The molecule has 2 aromatic carbocycles. The van der Waals surface area contributed by atoms with Crippen LogP contribution in [0.1, 0.15) is 29.5 Å². The Morgan fingerprint density at radius 2 is 1.89 bits per heavy atom. The van der Waals surface area contributed by atoms with Gasteiger partial charge < -0.3 is 10.5 Å². The third-order valence-electron chi connectivity index (χ3n) is 4.69. The second-order valence-electron chi connectivity index (χ2n) is 6.50. The summed E-state index contributed by atoms with van der Waals surface area (Å²) in [5.74, 6) is -2.21. The van der Waals surface area contributed by atoms with Gasteiger partial charge in [0.2, 0.25) is 10.0 Å². The number of carbonyl (C=O) groups is 1. The van der Waals surface area contributed by atoms with Crippen LogP contribution in [0, 0.1) is 19.7 Å². The van der Waals surface area contributed by atoms with E-state index in [4.69, 9.17) is 22.1 Å². The van der Waals surface area contributed by atoms with Gasteiger partial charge in [-0.15, -0.1) is 0 Å². The van der Waals surface area contributed by atoms with Gasteiger partial charge in [-0.3, -0.25) is 4.79 Å². The van der Waals surface area contributed by atoms with Crippen molar-refractivity contribution in [1.82, 2.24) is 4.72 Å². The van der Waals surface area contributed by atoms with E-state index >= 15 is 0 Å². The predicted molar refractivity (Wildman–Crippen MR) is 106 cm³/mol. The first-order valence-electron chi connectivity index (χ1n) is 8.40. The lowest BCUT2D eigenvalue weighted by Crippen LogP contribution is -2.45. The van der Waals surface area contributed by atoms with Gasteiger partial charge in [0.25, 0.3) is 0 Å².